The van der Waals surface area contributed by atoms with E-state index in [1.807, 2.05) is 18.2 Å². The molecule has 2 aliphatic rings. The van der Waals surface area contributed by atoms with Crippen LogP contribution in [-0.4, -0.2) is 39.6 Å². The molecule has 1 aromatic carbocycles. The van der Waals surface area contributed by atoms with Gasteiger partial charge in [0, 0.05) is 18.3 Å². The van der Waals surface area contributed by atoms with Gasteiger partial charge in [0.1, 0.15) is 6.04 Å². The first kappa shape index (κ1) is 19.4. The minimum atomic E-state index is -0.563. The van der Waals surface area contributed by atoms with Crippen LogP contribution in [0.2, 0.25) is 0 Å². The van der Waals surface area contributed by atoms with Crippen LogP contribution in [0.15, 0.2) is 54.9 Å². The van der Waals surface area contributed by atoms with Gasteiger partial charge in [-0.05, 0) is 60.1 Å². The third-order valence-corrected chi connectivity index (χ3v) is 6.08. The average molecular weight is 387 g/mol. The number of nitrogens with zero attached hydrogens (tertiary/aromatic N) is 3. The van der Waals surface area contributed by atoms with Crippen molar-refractivity contribution in [3.05, 3.63) is 71.6 Å². The number of aliphatic hydroxyl groups excluding tert-OH is 1. The lowest BCUT2D eigenvalue weighted by atomic mass is 9.72. The number of rotatable bonds is 5. The average Bonchev–Trinajstić information content (AvgIpc) is 2.75. The summed E-state index contributed by atoms with van der Waals surface area (Å²) in [5.74, 6) is -0.308. The topological polar surface area (TPSA) is 77.2 Å². The van der Waals surface area contributed by atoms with Crippen LogP contribution in [-0.2, 0) is 11.2 Å². The van der Waals surface area contributed by atoms with Crippen molar-refractivity contribution < 1.29 is 9.90 Å². The molecule has 1 aromatic heterocycles. The van der Waals surface area contributed by atoms with E-state index in [9.17, 15) is 15.2 Å². The van der Waals surface area contributed by atoms with E-state index in [4.69, 9.17) is 0 Å². The van der Waals surface area contributed by atoms with E-state index in [0.717, 1.165) is 29.5 Å². The zero-order valence-corrected chi connectivity index (χ0v) is 16.4. The molecule has 4 rings (SSSR count). The van der Waals surface area contributed by atoms with Crippen molar-refractivity contribution in [3.8, 4) is 6.07 Å². The first-order valence-corrected chi connectivity index (χ1v) is 10.2. The number of aliphatic hydroxyl groups is 1. The summed E-state index contributed by atoms with van der Waals surface area (Å²) < 4.78 is 0. The number of aromatic nitrogens is 1. The second-order valence-electron chi connectivity index (χ2n) is 7.75. The van der Waals surface area contributed by atoms with Gasteiger partial charge in [-0.2, -0.15) is 5.26 Å². The number of pyridine rings is 1. The zero-order valence-electron chi connectivity index (χ0n) is 16.4. The van der Waals surface area contributed by atoms with Gasteiger partial charge in [0.2, 0.25) is 5.91 Å². The summed E-state index contributed by atoms with van der Waals surface area (Å²) in [5.41, 5.74) is 4.41. The van der Waals surface area contributed by atoms with E-state index in [2.05, 4.69) is 23.2 Å². The Labute approximate surface area is 171 Å². The van der Waals surface area contributed by atoms with Crippen LogP contribution in [0, 0.1) is 11.3 Å². The molecule has 1 fully saturated rings. The van der Waals surface area contributed by atoms with E-state index in [-0.39, 0.29) is 30.9 Å². The standard InChI is InChI=1S/C24H25N3O2/c25-15-21-24(20-9-5-4-8-19(20)18-6-2-1-3-7-18)22(16-28)27(21)23(29)14-17-10-12-26-13-11-17/h4-6,8-13,21-22,24,28H,1-3,7,14,16H2/t21-,22+,24-/m1/s1. The smallest absolute Gasteiger partial charge is 0.228 e. The largest absolute Gasteiger partial charge is 0.394 e. The van der Waals surface area contributed by atoms with Crippen molar-refractivity contribution in [2.75, 3.05) is 6.61 Å². The van der Waals surface area contributed by atoms with Crippen LogP contribution in [0.4, 0.5) is 0 Å². The Morgan fingerprint density at radius 2 is 2.00 bits per heavy atom. The number of likely N-dealkylation sites (tertiary alicyclic amines) is 1. The Kier molecular flexibility index (Phi) is 5.73. The van der Waals surface area contributed by atoms with E-state index in [0.29, 0.717) is 0 Å². The van der Waals surface area contributed by atoms with Crippen molar-refractivity contribution in [1.82, 2.24) is 9.88 Å². The minimum absolute atomic E-state index is 0.132. The molecule has 5 nitrogen and oxygen atoms in total. The predicted octanol–water partition coefficient (Wildman–Crippen LogP) is 3.46. The Hall–Kier alpha value is -2.97. The van der Waals surface area contributed by atoms with Gasteiger partial charge in [0.05, 0.1) is 25.1 Å². The monoisotopic (exact) mass is 387 g/mol. The molecule has 1 aliphatic heterocycles. The first-order chi connectivity index (χ1) is 14.2. The number of carbonyl (C=O) groups is 1. The molecule has 0 spiro atoms. The van der Waals surface area contributed by atoms with Gasteiger partial charge in [-0.25, -0.2) is 0 Å². The molecule has 0 radical (unpaired) electrons. The van der Waals surface area contributed by atoms with Crippen molar-refractivity contribution in [2.45, 2.75) is 50.1 Å². The highest BCUT2D eigenvalue weighted by atomic mass is 16.3. The van der Waals surface area contributed by atoms with E-state index < -0.39 is 6.04 Å². The fourth-order valence-corrected chi connectivity index (χ4v) is 4.65. The molecule has 1 aliphatic carbocycles. The number of carbonyl (C=O) groups excluding carboxylic acids is 1. The summed E-state index contributed by atoms with van der Waals surface area (Å²) in [4.78, 5) is 18.5. The molecule has 1 amide bonds. The quantitative estimate of drug-likeness (QED) is 0.852. The SMILES string of the molecule is N#C[C@@H]1[C@@H](c2ccccc2C2=CCCCC2)[C@H](CO)N1C(=O)Cc1ccncc1. The van der Waals surface area contributed by atoms with Gasteiger partial charge in [0.15, 0.2) is 0 Å². The summed E-state index contributed by atoms with van der Waals surface area (Å²) in [5, 5.41) is 20.0. The molecule has 1 saturated heterocycles. The molecule has 0 unspecified atom stereocenters. The number of hydrogen-bond donors (Lipinski definition) is 1. The Bertz CT molecular complexity index is 948. The van der Waals surface area contributed by atoms with Crippen molar-refractivity contribution in [2.24, 2.45) is 0 Å². The highest BCUT2D eigenvalue weighted by molar-refractivity contribution is 5.82. The normalized spacial score (nSPS) is 23.7. The van der Waals surface area contributed by atoms with Crippen molar-refractivity contribution in [3.63, 3.8) is 0 Å². The van der Waals surface area contributed by atoms with E-state index in [1.54, 1.807) is 29.4 Å². The molecule has 0 saturated carbocycles. The Morgan fingerprint density at radius 3 is 2.69 bits per heavy atom. The summed E-state index contributed by atoms with van der Waals surface area (Å²) >= 11 is 0. The highest BCUT2D eigenvalue weighted by Gasteiger charge is 2.52. The summed E-state index contributed by atoms with van der Waals surface area (Å²) in [7, 11) is 0. The molecule has 3 atom stereocenters. The highest BCUT2D eigenvalue weighted by Crippen LogP contribution is 2.44. The number of amides is 1. The molecule has 2 heterocycles. The fourth-order valence-electron chi connectivity index (χ4n) is 4.65. The maximum absolute atomic E-state index is 12.9. The van der Waals surface area contributed by atoms with Gasteiger partial charge < -0.3 is 10.0 Å². The predicted molar refractivity (Wildman–Crippen MR) is 111 cm³/mol. The van der Waals surface area contributed by atoms with Crippen LogP contribution >= 0.6 is 0 Å². The molecular formula is C24H25N3O2. The number of nitriles is 1. The Balaban J connectivity index is 1.62. The van der Waals surface area contributed by atoms with Crippen molar-refractivity contribution >= 4 is 11.5 Å². The lowest BCUT2D eigenvalue weighted by molar-refractivity contribution is -0.146. The number of hydrogen-bond acceptors (Lipinski definition) is 4. The number of benzene rings is 1. The second-order valence-corrected chi connectivity index (χ2v) is 7.75. The maximum Gasteiger partial charge on any atom is 0.228 e. The lowest BCUT2D eigenvalue weighted by Gasteiger charge is -2.52. The molecule has 148 valence electrons. The van der Waals surface area contributed by atoms with Crippen LogP contribution in [0.25, 0.3) is 5.57 Å². The van der Waals surface area contributed by atoms with Gasteiger partial charge >= 0.3 is 0 Å². The summed E-state index contributed by atoms with van der Waals surface area (Å²) in [6.45, 7) is -0.154. The van der Waals surface area contributed by atoms with E-state index in [1.165, 1.54) is 18.4 Å². The zero-order chi connectivity index (χ0) is 20.2. The van der Waals surface area contributed by atoms with Gasteiger partial charge in [-0.3, -0.25) is 9.78 Å². The van der Waals surface area contributed by atoms with E-state index >= 15 is 0 Å². The maximum atomic E-state index is 12.9. The molecule has 2 aromatic rings. The third kappa shape index (κ3) is 3.68. The summed E-state index contributed by atoms with van der Waals surface area (Å²) in [6, 6.07) is 13.1. The van der Waals surface area contributed by atoms with Gasteiger partial charge in [-0.15, -0.1) is 0 Å². The molecule has 29 heavy (non-hydrogen) atoms. The third-order valence-electron chi connectivity index (χ3n) is 6.08. The van der Waals surface area contributed by atoms with Crippen molar-refractivity contribution in [1.29, 1.82) is 5.26 Å². The lowest BCUT2D eigenvalue weighted by Crippen LogP contribution is -2.65. The molecule has 1 N–H and O–H groups in total. The van der Waals surface area contributed by atoms with Crippen LogP contribution < -0.4 is 0 Å². The minimum Gasteiger partial charge on any atom is -0.394 e. The van der Waals surface area contributed by atoms with Gasteiger partial charge in [0.25, 0.3) is 0 Å². The fraction of sp³-hybridized carbons (Fsp3) is 0.375. The first-order valence-electron chi connectivity index (χ1n) is 10.2. The van der Waals surface area contributed by atoms with Gasteiger partial charge in [-0.1, -0.05) is 30.3 Å². The summed E-state index contributed by atoms with van der Waals surface area (Å²) in [6.07, 6.45) is 10.3. The molecule has 5 heteroatoms. The van der Waals surface area contributed by atoms with Crippen LogP contribution in [0.1, 0.15) is 48.3 Å². The number of allylic oxidation sites excluding steroid dienone is 2. The Morgan fingerprint density at radius 1 is 1.21 bits per heavy atom. The molecular weight excluding hydrogens is 362 g/mol. The second kappa shape index (κ2) is 8.59. The van der Waals surface area contributed by atoms with Crippen LogP contribution in [0.3, 0.4) is 0 Å². The molecule has 0 bridgehead atoms. The van der Waals surface area contributed by atoms with Crippen LogP contribution in [0.5, 0.6) is 0 Å².